The van der Waals surface area contributed by atoms with Crippen LogP contribution in [0.3, 0.4) is 0 Å². The summed E-state index contributed by atoms with van der Waals surface area (Å²) in [7, 11) is 0. The van der Waals surface area contributed by atoms with Crippen molar-refractivity contribution in [2.24, 2.45) is 0 Å². The SMILES string of the molecule is Cl.Cl.O=C(CC1CCCN1)Nc1ccc(NC(=O)CN2CCCCCCC2)cc1. The molecule has 2 heterocycles. The third-order valence-electron chi connectivity index (χ3n) is 5.36. The summed E-state index contributed by atoms with van der Waals surface area (Å²) in [5.41, 5.74) is 1.53. The first kappa shape index (κ1) is 25.7. The normalized spacial score (nSPS) is 19.8. The van der Waals surface area contributed by atoms with Crippen molar-refractivity contribution in [2.75, 3.05) is 36.8 Å². The Hall–Kier alpha value is -1.34. The van der Waals surface area contributed by atoms with Gasteiger partial charge in [-0.3, -0.25) is 14.5 Å². The highest BCUT2D eigenvalue weighted by Gasteiger charge is 2.17. The molecule has 0 aromatic heterocycles. The summed E-state index contributed by atoms with van der Waals surface area (Å²) in [5.74, 6) is 0.0583. The van der Waals surface area contributed by atoms with Gasteiger partial charge >= 0.3 is 0 Å². The predicted molar refractivity (Wildman–Crippen MR) is 123 cm³/mol. The Morgan fingerprint density at radius 3 is 1.97 bits per heavy atom. The van der Waals surface area contributed by atoms with Crippen molar-refractivity contribution in [2.45, 2.75) is 57.4 Å². The summed E-state index contributed by atoms with van der Waals surface area (Å²) in [6.07, 6.45) is 8.92. The first-order valence-corrected chi connectivity index (χ1v) is 10.3. The highest BCUT2D eigenvalue weighted by atomic mass is 35.5. The number of carbonyl (C=O) groups excluding carboxylic acids is 2. The van der Waals surface area contributed by atoms with Gasteiger partial charge in [0.15, 0.2) is 0 Å². The number of likely N-dealkylation sites (tertiary alicyclic amines) is 1. The maximum Gasteiger partial charge on any atom is 0.238 e. The molecule has 2 amide bonds. The van der Waals surface area contributed by atoms with Gasteiger partial charge in [-0.05, 0) is 69.6 Å². The van der Waals surface area contributed by atoms with Gasteiger partial charge in [0.1, 0.15) is 0 Å². The smallest absolute Gasteiger partial charge is 0.238 e. The fourth-order valence-electron chi connectivity index (χ4n) is 3.88. The van der Waals surface area contributed by atoms with Crippen molar-refractivity contribution < 1.29 is 9.59 Å². The molecule has 3 rings (SSSR count). The van der Waals surface area contributed by atoms with E-state index >= 15 is 0 Å². The van der Waals surface area contributed by atoms with Gasteiger partial charge in [-0.2, -0.15) is 0 Å². The number of hydrogen-bond acceptors (Lipinski definition) is 4. The quantitative estimate of drug-likeness (QED) is 0.623. The number of rotatable bonds is 6. The average Bonchev–Trinajstić information content (AvgIpc) is 3.12. The van der Waals surface area contributed by atoms with Crippen LogP contribution in [0.25, 0.3) is 0 Å². The fraction of sp³-hybridized carbons (Fsp3) is 0.619. The highest BCUT2D eigenvalue weighted by Crippen LogP contribution is 2.16. The molecule has 0 radical (unpaired) electrons. The molecule has 1 unspecified atom stereocenters. The number of nitrogens with one attached hydrogen (secondary N) is 3. The van der Waals surface area contributed by atoms with E-state index in [1.54, 1.807) is 0 Å². The number of amides is 2. The van der Waals surface area contributed by atoms with Crippen molar-refractivity contribution in [1.82, 2.24) is 10.2 Å². The van der Waals surface area contributed by atoms with Crippen LogP contribution < -0.4 is 16.0 Å². The number of carbonyl (C=O) groups is 2. The molecule has 2 aliphatic heterocycles. The summed E-state index contributed by atoms with van der Waals surface area (Å²) < 4.78 is 0. The summed E-state index contributed by atoms with van der Waals surface area (Å²) in [4.78, 5) is 26.6. The summed E-state index contributed by atoms with van der Waals surface area (Å²) in [6.45, 7) is 3.47. The average molecular weight is 445 g/mol. The lowest BCUT2D eigenvalue weighted by molar-refractivity contribution is -0.117. The first-order valence-electron chi connectivity index (χ1n) is 10.3. The molecule has 29 heavy (non-hydrogen) atoms. The lowest BCUT2D eigenvalue weighted by Crippen LogP contribution is -2.35. The molecule has 6 nitrogen and oxygen atoms in total. The van der Waals surface area contributed by atoms with Crippen LogP contribution in [0.4, 0.5) is 11.4 Å². The zero-order valence-electron chi connectivity index (χ0n) is 17.0. The molecule has 0 saturated carbocycles. The van der Waals surface area contributed by atoms with Crippen LogP contribution in [0.2, 0.25) is 0 Å². The predicted octanol–water partition coefficient (Wildman–Crippen LogP) is 3.82. The molecular weight excluding hydrogens is 411 g/mol. The van der Waals surface area contributed by atoms with E-state index in [4.69, 9.17) is 0 Å². The largest absolute Gasteiger partial charge is 0.326 e. The standard InChI is InChI=1S/C21H32N4O2.2ClH/c26-20(15-19-7-6-12-22-19)23-17-8-10-18(11-9-17)24-21(27)16-25-13-4-2-1-3-5-14-25;;/h8-11,19,22H,1-7,12-16H2,(H,23,26)(H,24,27);2*1H. The minimum atomic E-state index is 0. The highest BCUT2D eigenvalue weighted by molar-refractivity contribution is 5.94. The molecule has 2 fully saturated rings. The van der Waals surface area contributed by atoms with Gasteiger partial charge in [-0.15, -0.1) is 24.8 Å². The van der Waals surface area contributed by atoms with Crippen molar-refractivity contribution >= 4 is 48.0 Å². The Labute approximate surface area is 186 Å². The molecule has 3 N–H and O–H groups in total. The van der Waals surface area contributed by atoms with E-state index in [1.165, 1.54) is 32.1 Å². The molecule has 1 aromatic rings. The third-order valence-corrected chi connectivity index (χ3v) is 5.36. The van der Waals surface area contributed by atoms with Gasteiger partial charge in [0.05, 0.1) is 6.54 Å². The Balaban J connectivity index is 0.00000210. The van der Waals surface area contributed by atoms with Crippen molar-refractivity contribution in [3.05, 3.63) is 24.3 Å². The number of nitrogens with zero attached hydrogens (tertiary/aromatic N) is 1. The maximum atomic E-state index is 12.3. The molecule has 0 spiro atoms. The molecule has 0 aliphatic carbocycles. The van der Waals surface area contributed by atoms with Crippen molar-refractivity contribution in [3.63, 3.8) is 0 Å². The lowest BCUT2D eigenvalue weighted by Gasteiger charge is -2.23. The number of benzene rings is 1. The van der Waals surface area contributed by atoms with Crippen LogP contribution in [-0.4, -0.2) is 48.9 Å². The van der Waals surface area contributed by atoms with Gasteiger partial charge in [0.2, 0.25) is 11.8 Å². The first-order chi connectivity index (χ1) is 13.2. The van der Waals surface area contributed by atoms with E-state index in [1.807, 2.05) is 24.3 Å². The van der Waals surface area contributed by atoms with Crippen LogP contribution in [-0.2, 0) is 9.59 Å². The van der Waals surface area contributed by atoms with Gasteiger partial charge in [-0.1, -0.05) is 19.3 Å². The third kappa shape index (κ3) is 9.34. The van der Waals surface area contributed by atoms with Crippen LogP contribution in [0.1, 0.15) is 51.4 Å². The van der Waals surface area contributed by atoms with Gasteiger partial charge in [0.25, 0.3) is 0 Å². The van der Waals surface area contributed by atoms with Gasteiger partial charge in [-0.25, -0.2) is 0 Å². The van der Waals surface area contributed by atoms with Crippen molar-refractivity contribution in [3.8, 4) is 0 Å². The molecular formula is C21H34Cl2N4O2. The fourth-order valence-corrected chi connectivity index (χ4v) is 3.88. The minimum absolute atomic E-state index is 0. The Kier molecular flexibility index (Phi) is 12.2. The number of halogens is 2. The molecule has 1 aromatic carbocycles. The van der Waals surface area contributed by atoms with Crippen LogP contribution in [0.5, 0.6) is 0 Å². The summed E-state index contributed by atoms with van der Waals surface area (Å²) >= 11 is 0. The zero-order valence-corrected chi connectivity index (χ0v) is 18.6. The number of hydrogen-bond donors (Lipinski definition) is 3. The molecule has 8 heteroatoms. The number of anilines is 2. The molecule has 1 atom stereocenters. The Bertz CT molecular complexity index is 614. The molecule has 164 valence electrons. The molecule has 2 aliphatic rings. The summed E-state index contributed by atoms with van der Waals surface area (Å²) in [5, 5.41) is 9.22. The summed E-state index contributed by atoms with van der Waals surface area (Å²) in [6, 6.07) is 7.66. The van der Waals surface area contributed by atoms with E-state index in [0.717, 1.165) is 43.9 Å². The Morgan fingerprint density at radius 2 is 1.41 bits per heavy atom. The van der Waals surface area contributed by atoms with Crippen molar-refractivity contribution in [1.29, 1.82) is 0 Å². The van der Waals surface area contributed by atoms with E-state index < -0.39 is 0 Å². The van der Waals surface area contributed by atoms with E-state index in [-0.39, 0.29) is 36.6 Å². The van der Waals surface area contributed by atoms with Crippen LogP contribution >= 0.6 is 24.8 Å². The van der Waals surface area contributed by atoms with Gasteiger partial charge < -0.3 is 16.0 Å². The minimum Gasteiger partial charge on any atom is -0.326 e. The van der Waals surface area contributed by atoms with Crippen LogP contribution in [0, 0.1) is 0 Å². The zero-order chi connectivity index (χ0) is 18.9. The lowest BCUT2D eigenvalue weighted by atomic mass is 10.1. The van der Waals surface area contributed by atoms with E-state index in [0.29, 0.717) is 19.0 Å². The Morgan fingerprint density at radius 1 is 0.862 bits per heavy atom. The second kappa shape index (κ2) is 13.8. The van der Waals surface area contributed by atoms with Crippen LogP contribution in [0.15, 0.2) is 24.3 Å². The maximum absolute atomic E-state index is 12.3. The monoisotopic (exact) mass is 444 g/mol. The molecule has 2 saturated heterocycles. The van der Waals surface area contributed by atoms with E-state index in [9.17, 15) is 9.59 Å². The second-order valence-electron chi connectivity index (χ2n) is 7.72. The second-order valence-corrected chi connectivity index (χ2v) is 7.72. The topological polar surface area (TPSA) is 73.5 Å². The van der Waals surface area contributed by atoms with Gasteiger partial charge in [0, 0.05) is 23.8 Å². The molecule has 0 bridgehead atoms. The van der Waals surface area contributed by atoms with E-state index in [2.05, 4.69) is 20.9 Å².